The van der Waals surface area contributed by atoms with Gasteiger partial charge in [0.05, 0.1) is 5.88 Å². The Morgan fingerprint density at radius 1 is 1.42 bits per heavy atom. The molecule has 1 saturated heterocycles. The molecule has 0 spiro atoms. The second-order valence-electron chi connectivity index (χ2n) is 4.42. The molecule has 1 aliphatic rings. The number of thioether (sulfide) groups is 1. The predicted octanol–water partition coefficient (Wildman–Crippen LogP) is 0.965. The zero-order chi connectivity index (χ0) is 13.4. The Bertz CT molecular complexity index is 292. The molecule has 0 bridgehead atoms. The first kappa shape index (κ1) is 18.5. The number of rotatable bonds is 7. The second kappa shape index (κ2) is 10.3. The SMILES string of the molecule is CCCCC(=O)N1CSCC1C(=O)NCCCN.Cl. The summed E-state index contributed by atoms with van der Waals surface area (Å²) in [6, 6.07) is -0.294. The quantitative estimate of drug-likeness (QED) is 0.687. The Morgan fingerprint density at radius 2 is 2.16 bits per heavy atom. The number of carbonyl (C=O) groups is 2. The molecule has 1 fully saturated rings. The highest BCUT2D eigenvalue weighted by atomic mass is 35.5. The van der Waals surface area contributed by atoms with Crippen LogP contribution in [0, 0.1) is 0 Å². The van der Waals surface area contributed by atoms with Crippen LogP contribution in [-0.2, 0) is 9.59 Å². The van der Waals surface area contributed by atoms with Gasteiger partial charge in [-0.15, -0.1) is 24.2 Å². The van der Waals surface area contributed by atoms with Gasteiger partial charge < -0.3 is 16.0 Å². The van der Waals surface area contributed by atoms with E-state index in [1.807, 2.05) is 0 Å². The Labute approximate surface area is 125 Å². The van der Waals surface area contributed by atoms with E-state index in [4.69, 9.17) is 5.73 Å². The zero-order valence-electron chi connectivity index (χ0n) is 11.4. The number of halogens is 1. The van der Waals surface area contributed by atoms with Crippen molar-refractivity contribution in [1.29, 1.82) is 0 Å². The van der Waals surface area contributed by atoms with E-state index in [2.05, 4.69) is 12.2 Å². The third kappa shape index (κ3) is 6.01. The highest BCUT2D eigenvalue weighted by molar-refractivity contribution is 7.99. The highest BCUT2D eigenvalue weighted by Crippen LogP contribution is 2.22. The van der Waals surface area contributed by atoms with Crippen molar-refractivity contribution < 1.29 is 9.59 Å². The molecular formula is C12H24ClN3O2S. The number of carbonyl (C=O) groups excluding carboxylic acids is 2. The molecule has 0 saturated carbocycles. The van der Waals surface area contributed by atoms with Crippen LogP contribution < -0.4 is 11.1 Å². The van der Waals surface area contributed by atoms with Gasteiger partial charge in [0.2, 0.25) is 11.8 Å². The number of hydrogen-bond acceptors (Lipinski definition) is 4. The summed E-state index contributed by atoms with van der Waals surface area (Å²) in [6.45, 7) is 3.22. The molecule has 0 aromatic rings. The van der Waals surface area contributed by atoms with Crippen molar-refractivity contribution in [3.05, 3.63) is 0 Å². The van der Waals surface area contributed by atoms with E-state index in [1.165, 1.54) is 0 Å². The van der Waals surface area contributed by atoms with Crippen LogP contribution >= 0.6 is 24.2 Å². The summed E-state index contributed by atoms with van der Waals surface area (Å²) >= 11 is 1.64. The van der Waals surface area contributed by atoms with Gasteiger partial charge in [-0.1, -0.05) is 13.3 Å². The van der Waals surface area contributed by atoms with Crippen molar-refractivity contribution in [3.63, 3.8) is 0 Å². The van der Waals surface area contributed by atoms with Crippen LogP contribution in [0.15, 0.2) is 0 Å². The zero-order valence-corrected chi connectivity index (χ0v) is 13.0. The van der Waals surface area contributed by atoms with E-state index in [0.29, 0.717) is 31.1 Å². The van der Waals surface area contributed by atoms with E-state index in [0.717, 1.165) is 19.3 Å². The maximum atomic E-state index is 12.0. The number of nitrogens with zero attached hydrogens (tertiary/aromatic N) is 1. The van der Waals surface area contributed by atoms with Crippen LogP contribution in [-0.4, -0.2) is 47.5 Å². The van der Waals surface area contributed by atoms with Crippen LogP contribution in [0.25, 0.3) is 0 Å². The van der Waals surface area contributed by atoms with E-state index in [-0.39, 0.29) is 30.3 Å². The maximum Gasteiger partial charge on any atom is 0.243 e. The van der Waals surface area contributed by atoms with Crippen molar-refractivity contribution in [3.8, 4) is 0 Å². The van der Waals surface area contributed by atoms with Gasteiger partial charge in [0, 0.05) is 18.7 Å². The lowest BCUT2D eigenvalue weighted by atomic mass is 10.2. The molecule has 1 atom stereocenters. The predicted molar refractivity (Wildman–Crippen MR) is 81.4 cm³/mol. The molecule has 0 aliphatic carbocycles. The Kier molecular flexibility index (Phi) is 10.1. The standard InChI is InChI=1S/C12H23N3O2S.ClH/c1-2-3-5-11(16)15-9-18-8-10(15)12(17)14-7-4-6-13;/h10H,2-9,13H2,1H3,(H,14,17);1H. The van der Waals surface area contributed by atoms with Crippen molar-refractivity contribution in [2.24, 2.45) is 5.73 Å². The van der Waals surface area contributed by atoms with Crippen molar-refractivity contribution in [1.82, 2.24) is 10.2 Å². The summed E-state index contributed by atoms with van der Waals surface area (Å²) in [5.41, 5.74) is 5.38. The molecule has 0 aromatic heterocycles. The molecule has 1 heterocycles. The first-order valence-corrected chi connectivity index (χ1v) is 7.71. The largest absolute Gasteiger partial charge is 0.354 e. The molecule has 112 valence electrons. The molecule has 0 aromatic carbocycles. The molecule has 1 unspecified atom stereocenters. The van der Waals surface area contributed by atoms with E-state index in [9.17, 15) is 9.59 Å². The lowest BCUT2D eigenvalue weighted by Gasteiger charge is -2.23. The summed E-state index contributed by atoms with van der Waals surface area (Å²) < 4.78 is 0. The van der Waals surface area contributed by atoms with Crippen LogP contribution in [0.5, 0.6) is 0 Å². The Hall–Kier alpha value is -0.460. The lowest BCUT2D eigenvalue weighted by molar-refractivity contribution is -0.138. The molecular weight excluding hydrogens is 286 g/mol. The molecule has 0 radical (unpaired) electrons. The van der Waals surface area contributed by atoms with E-state index < -0.39 is 0 Å². The van der Waals surface area contributed by atoms with Crippen LogP contribution in [0.4, 0.5) is 0 Å². The topological polar surface area (TPSA) is 75.4 Å². The summed E-state index contributed by atoms with van der Waals surface area (Å²) in [4.78, 5) is 25.6. The molecule has 3 N–H and O–H groups in total. The van der Waals surface area contributed by atoms with Gasteiger partial charge in [-0.05, 0) is 19.4 Å². The van der Waals surface area contributed by atoms with E-state index >= 15 is 0 Å². The lowest BCUT2D eigenvalue weighted by Crippen LogP contribution is -2.47. The third-order valence-corrected chi connectivity index (χ3v) is 3.94. The van der Waals surface area contributed by atoms with Crippen LogP contribution in [0.2, 0.25) is 0 Å². The molecule has 5 nitrogen and oxygen atoms in total. The number of hydrogen-bond donors (Lipinski definition) is 2. The van der Waals surface area contributed by atoms with Crippen LogP contribution in [0.1, 0.15) is 32.6 Å². The second-order valence-corrected chi connectivity index (χ2v) is 5.42. The Morgan fingerprint density at radius 3 is 2.79 bits per heavy atom. The van der Waals surface area contributed by atoms with Crippen molar-refractivity contribution in [2.75, 3.05) is 24.7 Å². The van der Waals surface area contributed by atoms with Gasteiger partial charge in [0.1, 0.15) is 6.04 Å². The number of nitrogens with two attached hydrogens (primary N) is 1. The molecule has 19 heavy (non-hydrogen) atoms. The van der Waals surface area contributed by atoms with Gasteiger partial charge in [0.25, 0.3) is 0 Å². The fraction of sp³-hybridized carbons (Fsp3) is 0.833. The van der Waals surface area contributed by atoms with Gasteiger partial charge >= 0.3 is 0 Å². The highest BCUT2D eigenvalue weighted by Gasteiger charge is 2.33. The van der Waals surface area contributed by atoms with Crippen molar-refractivity contribution in [2.45, 2.75) is 38.6 Å². The van der Waals surface area contributed by atoms with E-state index in [1.54, 1.807) is 16.7 Å². The summed E-state index contributed by atoms with van der Waals surface area (Å²) in [5, 5.41) is 2.84. The molecule has 2 amide bonds. The first-order valence-electron chi connectivity index (χ1n) is 6.55. The summed E-state index contributed by atoms with van der Waals surface area (Å²) in [6.07, 6.45) is 3.21. The van der Waals surface area contributed by atoms with Gasteiger partial charge in [-0.3, -0.25) is 9.59 Å². The summed E-state index contributed by atoms with van der Waals surface area (Å²) in [7, 11) is 0. The minimum absolute atomic E-state index is 0. The maximum absolute atomic E-state index is 12.0. The minimum Gasteiger partial charge on any atom is -0.354 e. The van der Waals surface area contributed by atoms with Crippen LogP contribution in [0.3, 0.4) is 0 Å². The molecule has 1 rings (SSSR count). The van der Waals surface area contributed by atoms with Crippen molar-refractivity contribution >= 4 is 36.0 Å². The fourth-order valence-electron chi connectivity index (χ4n) is 1.81. The summed E-state index contributed by atoms with van der Waals surface area (Å²) in [5.74, 6) is 1.39. The monoisotopic (exact) mass is 309 g/mol. The molecule has 1 aliphatic heterocycles. The molecule has 7 heteroatoms. The third-order valence-electron chi connectivity index (χ3n) is 2.93. The minimum atomic E-state index is -0.294. The number of nitrogens with one attached hydrogen (secondary N) is 1. The average molecular weight is 310 g/mol. The fourth-order valence-corrected chi connectivity index (χ4v) is 2.99. The van der Waals surface area contributed by atoms with Gasteiger partial charge in [-0.2, -0.15) is 0 Å². The number of unbranched alkanes of at least 4 members (excludes halogenated alkanes) is 1. The number of amides is 2. The first-order chi connectivity index (χ1) is 8.70. The van der Waals surface area contributed by atoms with Gasteiger partial charge in [-0.25, -0.2) is 0 Å². The normalized spacial score (nSPS) is 18.0. The van der Waals surface area contributed by atoms with Gasteiger partial charge in [0.15, 0.2) is 0 Å². The average Bonchev–Trinajstić information content (AvgIpc) is 2.85. The Balaban J connectivity index is 0.00000324. The smallest absolute Gasteiger partial charge is 0.243 e.